The van der Waals surface area contributed by atoms with Gasteiger partial charge in [0.05, 0.1) is 11.4 Å². The van der Waals surface area contributed by atoms with Crippen LogP contribution in [0.2, 0.25) is 0 Å². The number of hydrogen-bond acceptors (Lipinski definition) is 5. The molecule has 1 rings (SSSR count). The molecule has 0 saturated heterocycles. The summed E-state index contributed by atoms with van der Waals surface area (Å²) in [6.07, 6.45) is 3.67. The molecule has 0 heterocycles. The highest BCUT2D eigenvalue weighted by Crippen LogP contribution is 2.23. The lowest BCUT2D eigenvalue weighted by Crippen LogP contribution is -1.82. The molecule has 6 nitrogen and oxygen atoms in total. The predicted molar refractivity (Wildman–Crippen MR) is 64.6 cm³/mol. The van der Waals surface area contributed by atoms with Crippen molar-refractivity contribution >= 4 is 29.5 Å². The summed E-state index contributed by atoms with van der Waals surface area (Å²) < 4.78 is 0. The van der Waals surface area contributed by atoms with Crippen molar-refractivity contribution in [1.29, 1.82) is 0 Å². The number of carbonyl (C=O) groups excluding carboxylic acids is 2. The molecule has 6 heteroatoms. The number of nitrogens with zero attached hydrogens (tertiary/aromatic N) is 2. The van der Waals surface area contributed by atoms with Crippen molar-refractivity contribution in [3.8, 4) is 0 Å². The fraction of sp³-hybridized carbons (Fsp3) is 0.0833. The minimum absolute atomic E-state index is 0.426. The highest BCUT2D eigenvalue weighted by molar-refractivity contribution is 5.78. The van der Waals surface area contributed by atoms with Crippen molar-refractivity contribution in [3.63, 3.8) is 0 Å². The van der Waals surface area contributed by atoms with Gasteiger partial charge in [-0.25, -0.2) is 14.4 Å². The lowest BCUT2D eigenvalue weighted by molar-refractivity contribution is -0.131. The molecule has 1 aromatic rings. The lowest BCUT2D eigenvalue weighted by Gasteiger charge is -1.97. The molecule has 0 amide bonds. The molecule has 0 unspecified atom stereocenters. The summed E-state index contributed by atoms with van der Waals surface area (Å²) in [6, 6.07) is 4.88. The molecule has 92 valence electrons. The van der Waals surface area contributed by atoms with E-state index in [4.69, 9.17) is 5.11 Å². The number of carbonyl (C=O) groups is 1. The molecule has 0 fully saturated rings. The maximum atomic E-state index is 10.00. The van der Waals surface area contributed by atoms with Gasteiger partial charge in [0.25, 0.3) is 0 Å². The van der Waals surface area contributed by atoms with E-state index in [0.29, 0.717) is 11.4 Å². The first kappa shape index (κ1) is 15.2. The van der Waals surface area contributed by atoms with Crippen LogP contribution in [-0.4, -0.2) is 23.2 Å². The lowest BCUT2D eigenvalue weighted by atomic mass is 10.2. The summed E-state index contributed by atoms with van der Waals surface area (Å²) in [5.74, 6) is -0.981. The van der Waals surface area contributed by atoms with Crippen LogP contribution in [0.15, 0.2) is 40.8 Å². The quantitative estimate of drug-likeness (QED) is 0.502. The van der Waals surface area contributed by atoms with Crippen molar-refractivity contribution < 1.29 is 19.5 Å². The van der Waals surface area contributed by atoms with Crippen LogP contribution >= 0.6 is 0 Å². The van der Waals surface area contributed by atoms with E-state index >= 15 is 0 Å². The minimum Gasteiger partial charge on any atom is -0.478 e. The van der Waals surface area contributed by atoms with E-state index in [1.165, 1.54) is 18.2 Å². The third-order valence-electron chi connectivity index (χ3n) is 1.71. The molecule has 18 heavy (non-hydrogen) atoms. The SMILES string of the molecule is C=CC(=O)O.Cc1ccc(N=C=O)cc1N=C=O. The van der Waals surface area contributed by atoms with Crippen LogP contribution in [0.25, 0.3) is 0 Å². The van der Waals surface area contributed by atoms with Gasteiger partial charge in [0, 0.05) is 6.08 Å². The van der Waals surface area contributed by atoms with Gasteiger partial charge in [-0.1, -0.05) is 12.6 Å². The van der Waals surface area contributed by atoms with E-state index in [9.17, 15) is 14.4 Å². The second-order valence-corrected chi connectivity index (χ2v) is 2.92. The summed E-state index contributed by atoms with van der Waals surface area (Å²) in [4.78, 5) is 36.0. The molecule has 0 aromatic heterocycles. The monoisotopic (exact) mass is 246 g/mol. The summed E-state index contributed by atoms with van der Waals surface area (Å²) in [5, 5.41) is 7.60. The number of carboxylic acid groups (broad SMARTS) is 1. The smallest absolute Gasteiger partial charge is 0.327 e. The van der Waals surface area contributed by atoms with Crippen LogP contribution in [0.3, 0.4) is 0 Å². The second-order valence-electron chi connectivity index (χ2n) is 2.92. The van der Waals surface area contributed by atoms with Crippen molar-refractivity contribution in [2.45, 2.75) is 6.92 Å². The number of carboxylic acids is 1. The number of benzene rings is 1. The topological polar surface area (TPSA) is 96.2 Å². The van der Waals surface area contributed by atoms with Crippen molar-refractivity contribution in [3.05, 3.63) is 36.4 Å². The van der Waals surface area contributed by atoms with Gasteiger partial charge in [-0.2, -0.15) is 9.98 Å². The third kappa shape index (κ3) is 5.92. The molecule has 0 aliphatic heterocycles. The molecule has 0 saturated carbocycles. The van der Waals surface area contributed by atoms with Crippen molar-refractivity contribution in [1.82, 2.24) is 0 Å². The highest BCUT2D eigenvalue weighted by atomic mass is 16.4. The Morgan fingerprint density at radius 2 is 1.89 bits per heavy atom. The Balaban J connectivity index is 0.000000494. The minimum atomic E-state index is -0.981. The van der Waals surface area contributed by atoms with Gasteiger partial charge in [0.2, 0.25) is 12.2 Å². The Kier molecular flexibility index (Phi) is 7.05. The Bertz CT molecular complexity index is 539. The standard InChI is InChI=1S/C9H6N2O2.C3H4O2/c1-7-2-3-8(10-5-12)4-9(7)11-6-13;1-2-3(4)5/h2-4H,1H3;2H,1H2,(H,4,5). The summed E-state index contributed by atoms with van der Waals surface area (Å²) >= 11 is 0. The largest absolute Gasteiger partial charge is 0.478 e. The Labute approximate surface area is 103 Å². The first-order valence-corrected chi connectivity index (χ1v) is 4.67. The highest BCUT2D eigenvalue weighted by Gasteiger charge is 1.97. The number of aryl methyl sites for hydroxylation is 1. The van der Waals surface area contributed by atoms with Crippen molar-refractivity contribution in [2.75, 3.05) is 0 Å². The fourth-order valence-electron chi connectivity index (χ4n) is 0.890. The van der Waals surface area contributed by atoms with Gasteiger partial charge >= 0.3 is 5.97 Å². The molecule has 0 aliphatic carbocycles. The van der Waals surface area contributed by atoms with Crippen LogP contribution in [0.5, 0.6) is 0 Å². The van der Waals surface area contributed by atoms with Gasteiger partial charge in [-0.15, -0.1) is 0 Å². The molecule has 0 bridgehead atoms. The van der Waals surface area contributed by atoms with Gasteiger partial charge < -0.3 is 5.11 Å². The van der Waals surface area contributed by atoms with Crippen LogP contribution < -0.4 is 0 Å². The average molecular weight is 246 g/mol. The molecular weight excluding hydrogens is 236 g/mol. The Hall–Kier alpha value is -2.81. The van der Waals surface area contributed by atoms with E-state index in [0.717, 1.165) is 11.6 Å². The maximum Gasteiger partial charge on any atom is 0.327 e. The number of rotatable bonds is 3. The Morgan fingerprint density at radius 3 is 2.33 bits per heavy atom. The summed E-state index contributed by atoms with van der Waals surface area (Å²) in [5.41, 5.74) is 1.72. The first-order valence-electron chi connectivity index (χ1n) is 4.67. The average Bonchev–Trinajstić information content (AvgIpc) is 2.35. The predicted octanol–water partition coefficient (Wildman–Crippen LogP) is 2.19. The zero-order valence-electron chi connectivity index (χ0n) is 9.58. The zero-order chi connectivity index (χ0) is 14.0. The zero-order valence-corrected chi connectivity index (χ0v) is 9.58. The third-order valence-corrected chi connectivity index (χ3v) is 1.71. The van der Waals surface area contributed by atoms with E-state index in [1.807, 2.05) is 0 Å². The fourth-order valence-corrected chi connectivity index (χ4v) is 0.890. The van der Waals surface area contributed by atoms with Gasteiger partial charge in [0.15, 0.2) is 0 Å². The summed E-state index contributed by atoms with van der Waals surface area (Å²) in [6.45, 7) is 4.76. The Morgan fingerprint density at radius 1 is 1.33 bits per heavy atom. The van der Waals surface area contributed by atoms with Gasteiger partial charge in [-0.05, 0) is 24.6 Å². The van der Waals surface area contributed by atoms with Crippen LogP contribution in [0.4, 0.5) is 11.4 Å². The molecule has 1 aromatic carbocycles. The number of aliphatic imine (C=N–C) groups is 2. The number of hydrogen-bond donors (Lipinski definition) is 1. The maximum absolute atomic E-state index is 10.00. The number of aliphatic carboxylic acids is 1. The molecule has 0 atom stereocenters. The van der Waals surface area contributed by atoms with Gasteiger partial charge in [-0.3, -0.25) is 0 Å². The normalized spacial score (nSPS) is 7.83. The van der Waals surface area contributed by atoms with Crippen LogP contribution in [0, 0.1) is 6.92 Å². The van der Waals surface area contributed by atoms with E-state index < -0.39 is 5.97 Å². The first-order chi connectivity index (χ1) is 8.54. The van der Waals surface area contributed by atoms with Crippen LogP contribution in [0.1, 0.15) is 5.56 Å². The van der Waals surface area contributed by atoms with Gasteiger partial charge in [0.1, 0.15) is 0 Å². The summed E-state index contributed by atoms with van der Waals surface area (Å²) in [7, 11) is 0. The molecule has 0 radical (unpaired) electrons. The molecule has 0 spiro atoms. The molecular formula is C12H10N2O4. The second kappa shape index (κ2) is 8.35. The van der Waals surface area contributed by atoms with E-state index in [-0.39, 0.29) is 0 Å². The molecule has 0 aliphatic rings. The van der Waals surface area contributed by atoms with E-state index in [2.05, 4.69) is 16.6 Å². The number of isocyanates is 2. The van der Waals surface area contributed by atoms with Crippen LogP contribution in [-0.2, 0) is 14.4 Å². The molecule has 1 N–H and O–H groups in total. The van der Waals surface area contributed by atoms with Crippen molar-refractivity contribution in [2.24, 2.45) is 9.98 Å². The van der Waals surface area contributed by atoms with E-state index in [1.54, 1.807) is 19.1 Å².